The maximum atomic E-state index is 12.6. The number of amides is 1. The van der Waals surface area contributed by atoms with Gasteiger partial charge >= 0.3 is 0 Å². The molecule has 1 amide bonds. The number of aryl methyl sites for hydroxylation is 1. The third kappa shape index (κ3) is 4.14. The average Bonchev–Trinajstić information content (AvgIpc) is 3.03. The lowest BCUT2D eigenvalue weighted by Gasteiger charge is -2.19. The van der Waals surface area contributed by atoms with Crippen LogP contribution in [0.3, 0.4) is 0 Å². The van der Waals surface area contributed by atoms with Crippen LogP contribution >= 0.6 is 23.2 Å². The Morgan fingerprint density at radius 1 is 1.22 bits per heavy atom. The van der Waals surface area contributed by atoms with Gasteiger partial charge in [0, 0.05) is 18.7 Å². The van der Waals surface area contributed by atoms with E-state index in [4.69, 9.17) is 23.2 Å². The Balaban J connectivity index is 1.73. The van der Waals surface area contributed by atoms with Crippen molar-refractivity contribution < 1.29 is 4.79 Å². The van der Waals surface area contributed by atoms with E-state index < -0.39 is 0 Å². The van der Waals surface area contributed by atoms with E-state index in [0.717, 1.165) is 0 Å². The van der Waals surface area contributed by atoms with Gasteiger partial charge in [-0.1, -0.05) is 23.2 Å². The Labute approximate surface area is 165 Å². The molecule has 0 fully saturated rings. The van der Waals surface area contributed by atoms with Gasteiger partial charge in [-0.3, -0.25) is 14.2 Å². The monoisotopic (exact) mass is 407 g/mol. The van der Waals surface area contributed by atoms with Gasteiger partial charge in [0.2, 0.25) is 5.91 Å². The fourth-order valence-corrected chi connectivity index (χ4v) is 2.92. The van der Waals surface area contributed by atoms with E-state index in [1.807, 2.05) is 20.8 Å². The molecule has 142 valence electrons. The van der Waals surface area contributed by atoms with Crippen LogP contribution in [0.15, 0.2) is 35.5 Å². The normalized spacial score (nSPS) is 11.7. The van der Waals surface area contributed by atoms with E-state index in [9.17, 15) is 9.59 Å². The third-order valence-electron chi connectivity index (χ3n) is 3.97. The van der Waals surface area contributed by atoms with Crippen LogP contribution in [0, 0.1) is 0 Å². The largest absolute Gasteiger partial charge is 0.326 e. The molecular weight excluding hydrogens is 389 g/mol. The van der Waals surface area contributed by atoms with Crippen molar-refractivity contribution >= 4 is 45.8 Å². The van der Waals surface area contributed by atoms with Crippen molar-refractivity contribution in [2.75, 3.05) is 5.32 Å². The zero-order chi connectivity index (χ0) is 19.8. The van der Waals surface area contributed by atoms with Crippen LogP contribution < -0.4 is 10.9 Å². The van der Waals surface area contributed by atoms with Crippen LogP contribution in [0.5, 0.6) is 0 Å². The van der Waals surface area contributed by atoms with Crippen LogP contribution in [0.1, 0.15) is 27.2 Å². The number of nitrogens with zero attached hydrogens (tertiary/aromatic N) is 4. The summed E-state index contributed by atoms with van der Waals surface area (Å²) in [7, 11) is 0. The van der Waals surface area contributed by atoms with Gasteiger partial charge in [0.25, 0.3) is 5.56 Å². The Hall–Kier alpha value is -2.38. The number of rotatable bonds is 4. The summed E-state index contributed by atoms with van der Waals surface area (Å²) < 4.78 is 3.12. The maximum absolute atomic E-state index is 12.6. The van der Waals surface area contributed by atoms with E-state index in [1.54, 1.807) is 22.9 Å². The molecule has 1 aromatic carbocycles. The summed E-state index contributed by atoms with van der Waals surface area (Å²) in [6.07, 6.45) is 3.07. The quantitative estimate of drug-likeness (QED) is 0.714. The van der Waals surface area contributed by atoms with Crippen molar-refractivity contribution in [2.45, 2.75) is 39.3 Å². The number of carbonyl (C=O) groups excluding carboxylic acids is 1. The molecule has 3 aromatic rings. The van der Waals surface area contributed by atoms with Gasteiger partial charge in [-0.05, 0) is 39.0 Å². The van der Waals surface area contributed by atoms with Crippen LogP contribution in [0.4, 0.5) is 5.69 Å². The van der Waals surface area contributed by atoms with Gasteiger partial charge in [0.05, 0.1) is 28.1 Å². The van der Waals surface area contributed by atoms with Gasteiger partial charge in [0.15, 0.2) is 5.65 Å². The number of hydrogen-bond donors (Lipinski definition) is 1. The highest BCUT2D eigenvalue weighted by Crippen LogP contribution is 2.25. The standard InChI is InChI=1S/C18H19Cl2N5O2/c1-18(2,3)25-16-12(9-22-25)17(27)24(10-21-16)7-6-15(26)23-11-4-5-13(19)14(20)8-11/h4-5,8-10H,6-7H2,1-3H3,(H,23,26). The zero-order valence-corrected chi connectivity index (χ0v) is 16.7. The summed E-state index contributed by atoms with van der Waals surface area (Å²) in [6, 6.07) is 4.84. The SMILES string of the molecule is CC(C)(C)n1ncc2c(=O)n(CCC(=O)Nc3ccc(Cl)c(Cl)c3)cnc21. The van der Waals surface area contributed by atoms with Crippen LogP contribution in [0.2, 0.25) is 10.0 Å². The molecule has 2 aromatic heterocycles. The molecule has 0 bridgehead atoms. The predicted molar refractivity (Wildman–Crippen MR) is 106 cm³/mol. The molecule has 0 radical (unpaired) electrons. The Bertz CT molecular complexity index is 1070. The molecule has 0 aliphatic heterocycles. The van der Waals surface area contributed by atoms with E-state index in [-0.39, 0.29) is 30.0 Å². The van der Waals surface area contributed by atoms with E-state index in [0.29, 0.717) is 26.8 Å². The first-order valence-electron chi connectivity index (χ1n) is 8.35. The van der Waals surface area contributed by atoms with Gasteiger partial charge in [-0.2, -0.15) is 5.10 Å². The topological polar surface area (TPSA) is 81.8 Å². The van der Waals surface area contributed by atoms with Gasteiger partial charge in [0.1, 0.15) is 5.39 Å². The molecule has 1 N–H and O–H groups in total. The van der Waals surface area contributed by atoms with Crippen molar-refractivity contribution in [1.82, 2.24) is 19.3 Å². The van der Waals surface area contributed by atoms with Gasteiger partial charge in [-0.15, -0.1) is 0 Å². The summed E-state index contributed by atoms with van der Waals surface area (Å²) in [4.78, 5) is 29.1. The Morgan fingerprint density at radius 2 is 1.96 bits per heavy atom. The van der Waals surface area contributed by atoms with Gasteiger partial charge < -0.3 is 5.32 Å². The minimum atomic E-state index is -0.285. The van der Waals surface area contributed by atoms with Crippen LogP contribution in [-0.2, 0) is 16.9 Å². The Kier molecular flexibility index (Phi) is 5.26. The molecule has 0 aliphatic carbocycles. The number of fused-ring (bicyclic) bond motifs is 1. The molecule has 3 rings (SSSR count). The lowest BCUT2D eigenvalue weighted by Crippen LogP contribution is -2.26. The number of halogens is 2. The summed E-state index contributed by atoms with van der Waals surface area (Å²) in [5, 5.41) is 8.20. The summed E-state index contributed by atoms with van der Waals surface area (Å²) in [6.45, 7) is 6.16. The highest BCUT2D eigenvalue weighted by Gasteiger charge is 2.19. The molecule has 0 unspecified atom stereocenters. The highest BCUT2D eigenvalue weighted by atomic mass is 35.5. The fourth-order valence-electron chi connectivity index (χ4n) is 2.62. The van der Waals surface area contributed by atoms with Crippen molar-refractivity contribution in [1.29, 1.82) is 0 Å². The number of nitrogens with one attached hydrogen (secondary N) is 1. The molecule has 9 heteroatoms. The van der Waals surface area contributed by atoms with Crippen LogP contribution in [-0.4, -0.2) is 25.2 Å². The molecule has 7 nitrogen and oxygen atoms in total. The van der Waals surface area contributed by atoms with E-state index in [1.165, 1.54) is 17.1 Å². The lowest BCUT2D eigenvalue weighted by atomic mass is 10.1. The lowest BCUT2D eigenvalue weighted by molar-refractivity contribution is -0.116. The van der Waals surface area contributed by atoms with Crippen molar-refractivity contribution in [3.8, 4) is 0 Å². The van der Waals surface area contributed by atoms with E-state index >= 15 is 0 Å². The fraction of sp³-hybridized carbons (Fsp3) is 0.333. The second-order valence-corrected chi connectivity index (χ2v) is 7.95. The molecule has 2 heterocycles. The van der Waals surface area contributed by atoms with Crippen molar-refractivity contribution in [2.24, 2.45) is 0 Å². The minimum Gasteiger partial charge on any atom is -0.326 e. The number of carbonyl (C=O) groups is 1. The van der Waals surface area contributed by atoms with Crippen molar-refractivity contribution in [3.63, 3.8) is 0 Å². The molecular formula is C18H19Cl2N5O2. The number of aromatic nitrogens is 4. The number of anilines is 1. The molecule has 0 spiro atoms. The highest BCUT2D eigenvalue weighted by molar-refractivity contribution is 6.42. The number of benzene rings is 1. The van der Waals surface area contributed by atoms with Gasteiger partial charge in [-0.25, -0.2) is 9.67 Å². The second-order valence-electron chi connectivity index (χ2n) is 7.13. The molecule has 0 saturated carbocycles. The first kappa shape index (κ1) is 19.4. The smallest absolute Gasteiger partial charge is 0.264 e. The summed E-state index contributed by atoms with van der Waals surface area (Å²) in [5.74, 6) is -0.245. The molecule has 0 aliphatic rings. The summed E-state index contributed by atoms with van der Waals surface area (Å²) >= 11 is 11.8. The van der Waals surface area contributed by atoms with E-state index in [2.05, 4.69) is 15.4 Å². The van der Waals surface area contributed by atoms with Crippen molar-refractivity contribution in [3.05, 3.63) is 51.1 Å². The molecule has 0 atom stereocenters. The first-order chi connectivity index (χ1) is 12.7. The molecule has 0 saturated heterocycles. The summed E-state index contributed by atoms with van der Waals surface area (Å²) in [5.41, 5.74) is 0.566. The Morgan fingerprint density at radius 3 is 2.63 bits per heavy atom. The average molecular weight is 408 g/mol. The minimum absolute atomic E-state index is 0.112. The molecule has 27 heavy (non-hydrogen) atoms. The first-order valence-corrected chi connectivity index (χ1v) is 9.11. The maximum Gasteiger partial charge on any atom is 0.264 e. The second kappa shape index (κ2) is 7.32. The zero-order valence-electron chi connectivity index (χ0n) is 15.2. The van der Waals surface area contributed by atoms with Crippen LogP contribution in [0.25, 0.3) is 11.0 Å². The predicted octanol–water partition coefficient (Wildman–Crippen LogP) is 3.68. The third-order valence-corrected chi connectivity index (χ3v) is 4.71. The number of hydrogen-bond acceptors (Lipinski definition) is 4.